The SMILES string of the molecule is COC(=O)CC(c1cccc(OS(=O)(=O)c2ccccc2)c1)C(N)Cc1ccccc1. The predicted molar refractivity (Wildman–Crippen MR) is 118 cm³/mol. The molecular formula is C24H25NO5S. The highest BCUT2D eigenvalue weighted by Crippen LogP contribution is 2.29. The van der Waals surface area contributed by atoms with Gasteiger partial charge in [0.2, 0.25) is 0 Å². The molecular weight excluding hydrogens is 414 g/mol. The van der Waals surface area contributed by atoms with Crippen molar-refractivity contribution in [1.82, 2.24) is 0 Å². The molecule has 0 fully saturated rings. The molecule has 0 amide bonds. The molecule has 0 radical (unpaired) electrons. The van der Waals surface area contributed by atoms with E-state index in [1.165, 1.54) is 19.2 Å². The Morgan fingerprint density at radius 1 is 0.935 bits per heavy atom. The monoisotopic (exact) mass is 439 g/mol. The number of ether oxygens (including phenoxy) is 1. The normalized spacial score (nSPS) is 13.2. The Hall–Kier alpha value is -3.16. The molecule has 0 saturated carbocycles. The van der Waals surface area contributed by atoms with Gasteiger partial charge in [0.1, 0.15) is 10.6 Å². The molecule has 0 saturated heterocycles. The molecule has 0 aliphatic rings. The lowest BCUT2D eigenvalue weighted by molar-refractivity contribution is -0.141. The summed E-state index contributed by atoms with van der Waals surface area (Å²) in [5, 5.41) is 0. The highest BCUT2D eigenvalue weighted by atomic mass is 32.2. The average molecular weight is 440 g/mol. The molecule has 0 aromatic heterocycles. The van der Waals surface area contributed by atoms with E-state index in [1.807, 2.05) is 30.3 Å². The smallest absolute Gasteiger partial charge is 0.339 e. The lowest BCUT2D eigenvalue weighted by Crippen LogP contribution is -2.32. The Balaban J connectivity index is 1.86. The third-order valence-electron chi connectivity index (χ3n) is 4.97. The zero-order valence-electron chi connectivity index (χ0n) is 17.2. The number of methoxy groups -OCH3 is 1. The third-order valence-corrected chi connectivity index (χ3v) is 6.23. The zero-order valence-corrected chi connectivity index (χ0v) is 18.0. The van der Waals surface area contributed by atoms with E-state index in [-0.39, 0.29) is 29.0 Å². The molecule has 0 heterocycles. The fourth-order valence-electron chi connectivity index (χ4n) is 3.37. The zero-order chi connectivity index (χ0) is 22.3. The van der Waals surface area contributed by atoms with Crippen LogP contribution in [-0.4, -0.2) is 27.5 Å². The first-order valence-corrected chi connectivity index (χ1v) is 11.3. The second-order valence-electron chi connectivity index (χ2n) is 7.16. The third kappa shape index (κ3) is 6.16. The molecule has 0 spiro atoms. The van der Waals surface area contributed by atoms with Gasteiger partial charge in [0.15, 0.2) is 0 Å². The summed E-state index contributed by atoms with van der Waals surface area (Å²) in [6, 6.07) is 23.9. The van der Waals surface area contributed by atoms with Crippen LogP contribution >= 0.6 is 0 Å². The van der Waals surface area contributed by atoms with Crippen molar-refractivity contribution in [2.24, 2.45) is 5.73 Å². The molecule has 0 aliphatic carbocycles. The van der Waals surface area contributed by atoms with Crippen LogP contribution in [0.25, 0.3) is 0 Å². The van der Waals surface area contributed by atoms with Gasteiger partial charge in [-0.3, -0.25) is 4.79 Å². The molecule has 31 heavy (non-hydrogen) atoms. The fraction of sp³-hybridized carbons (Fsp3) is 0.208. The van der Waals surface area contributed by atoms with Crippen LogP contribution in [0.4, 0.5) is 0 Å². The molecule has 3 rings (SSSR count). The molecule has 2 N–H and O–H groups in total. The minimum Gasteiger partial charge on any atom is -0.469 e. The van der Waals surface area contributed by atoms with Gasteiger partial charge in [0.05, 0.1) is 13.5 Å². The lowest BCUT2D eigenvalue weighted by Gasteiger charge is -2.24. The van der Waals surface area contributed by atoms with Crippen LogP contribution in [0.2, 0.25) is 0 Å². The Morgan fingerprint density at radius 2 is 1.58 bits per heavy atom. The molecule has 3 aromatic carbocycles. The van der Waals surface area contributed by atoms with Crippen molar-refractivity contribution < 1.29 is 22.1 Å². The van der Waals surface area contributed by atoms with Crippen LogP contribution in [0.1, 0.15) is 23.5 Å². The number of hydrogen-bond donors (Lipinski definition) is 1. The Kier molecular flexibility index (Phi) is 7.44. The Labute approximate surface area is 182 Å². The van der Waals surface area contributed by atoms with E-state index >= 15 is 0 Å². The summed E-state index contributed by atoms with van der Waals surface area (Å²) in [5.41, 5.74) is 8.24. The van der Waals surface area contributed by atoms with Crippen LogP contribution in [0, 0.1) is 0 Å². The second-order valence-corrected chi connectivity index (χ2v) is 8.71. The summed E-state index contributed by atoms with van der Waals surface area (Å²) in [6.07, 6.45) is 0.620. The number of esters is 1. The maximum Gasteiger partial charge on any atom is 0.339 e. The fourth-order valence-corrected chi connectivity index (χ4v) is 4.31. The Bertz CT molecular complexity index is 1100. The van der Waals surface area contributed by atoms with Crippen molar-refractivity contribution in [3.63, 3.8) is 0 Å². The summed E-state index contributed by atoms with van der Waals surface area (Å²) in [5.74, 6) is -0.615. The topological polar surface area (TPSA) is 95.7 Å². The van der Waals surface area contributed by atoms with Gasteiger partial charge in [-0.25, -0.2) is 0 Å². The summed E-state index contributed by atoms with van der Waals surface area (Å²) in [6.45, 7) is 0. The van der Waals surface area contributed by atoms with Crippen LogP contribution in [0.5, 0.6) is 5.75 Å². The predicted octanol–water partition coefficient (Wildman–Crippen LogP) is 3.67. The van der Waals surface area contributed by atoms with Crippen LogP contribution in [-0.2, 0) is 26.1 Å². The highest BCUT2D eigenvalue weighted by Gasteiger charge is 2.25. The van der Waals surface area contributed by atoms with Crippen molar-refractivity contribution in [3.05, 3.63) is 96.1 Å². The van der Waals surface area contributed by atoms with E-state index in [0.717, 1.165) is 5.56 Å². The van der Waals surface area contributed by atoms with Crippen LogP contribution in [0.3, 0.4) is 0 Å². The number of benzene rings is 3. The van der Waals surface area contributed by atoms with Crippen molar-refractivity contribution in [2.45, 2.75) is 29.7 Å². The number of rotatable bonds is 9. The van der Waals surface area contributed by atoms with E-state index < -0.39 is 16.1 Å². The molecule has 6 nitrogen and oxygen atoms in total. The van der Waals surface area contributed by atoms with E-state index in [0.29, 0.717) is 12.0 Å². The number of carbonyl (C=O) groups excluding carboxylic acids is 1. The largest absolute Gasteiger partial charge is 0.469 e. The van der Waals surface area contributed by atoms with Gasteiger partial charge in [0.25, 0.3) is 0 Å². The molecule has 3 aromatic rings. The van der Waals surface area contributed by atoms with Gasteiger partial charge < -0.3 is 14.7 Å². The summed E-state index contributed by atoms with van der Waals surface area (Å²) in [4.78, 5) is 12.1. The molecule has 2 unspecified atom stereocenters. The number of hydrogen-bond acceptors (Lipinski definition) is 6. The van der Waals surface area contributed by atoms with E-state index in [2.05, 4.69) is 0 Å². The maximum absolute atomic E-state index is 12.6. The van der Waals surface area contributed by atoms with Crippen molar-refractivity contribution >= 4 is 16.1 Å². The summed E-state index contributed by atoms with van der Waals surface area (Å²) >= 11 is 0. The number of carbonyl (C=O) groups is 1. The molecule has 0 aliphatic heterocycles. The standard InChI is InChI=1S/C24H25NO5S/c1-29-24(26)17-22(23(25)15-18-9-4-2-5-10-18)19-11-8-12-20(16-19)30-31(27,28)21-13-6-3-7-14-21/h2-14,16,22-23H,15,17,25H2,1H3. The summed E-state index contributed by atoms with van der Waals surface area (Å²) < 4.78 is 35.3. The first kappa shape index (κ1) is 22.5. The van der Waals surface area contributed by atoms with Crippen molar-refractivity contribution in [2.75, 3.05) is 7.11 Å². The Morgan fingerprint density at radius 3 is 2.23 bits per heavy atom. The first-order valence-electron chi connectivity index (χ1n) is 9.85. The van der Waals surface area contributed by atoms with Crippen molar-refractivity contribution in [3.8, 4) is 5.75 Å². The van der Waals surface area contributed by atoms with E-state index in [9.17, 15) is 13.2 Å². The second kappa shape index (κ2) is 10.2. The quantitative estimate of drug-likeness (QED) is 0.404. The van der Waals surface area contributed by atoms with Gasteiger partial charge in [-0.15, -0.1) is 0 Å². The number of nitrogens with two attached hydrogens (primary N) is 1. The molecule has 162 valence electrons. The minimum absolute atomic E-state index is 0.0623. The average Bonchev–Trinajstić information content (AvgIpc) is 2.78. The maximum atomic E-state index is 12.6. The summed E-state index contributed by atoms with van der Waals surface area (Å²) in [7, 11) is -2.65. The van der Waals surface area contributed by atoms with Gasteiger partial charge >= 0.3 is 16.1 Å². The van der Waals surface area contributed by atoms with Crippen LogP contribution in [0.15, 0.2) is 89.8 Å². The van der Waals surface area contributed by atoms with Crippen molar-refractivity contribution in [1.29, 1.82) is 0 Å². The lowest BCUT2D eigenvalue weighted by atomic mass is 9.85. The minimum atomic E-state index is -3.98. The van der Waals surface area contributed by atoms with Crippen LogP contribution < -0.4 is 9.92 Å². The molecule has 0 bridgehead atoms. The molecule has 2 atom stereocenters. The van der Waals surface area contributed by atoms with E-state index in [4.69, 9.17) is 14.7 Å². The first-order chi connectivity index (χ1) is 14.9. The highest BCUT2D eigenvalue weighted by molar-refractivity contribution is 7.87. The van der Waals surface area contributed by atoms with Gasteiger partial charge in [0, 0.05) is 12.0 Å². The van der Waals surface area contributed by atoms with Gasteiger partial charge in [-0.05, 0) is 41.8 Å². The molecule has 7 heteroatoms. The van der Waals surface area contributed by atoms with E-state index in [1.54, 1.807) is 42.5 Å². The van der Waals surface area contributed by atoms with Gasteiger partial charge in [-0.1, -0.05) is 60.7 Å². The van der Waals surface area contributed by atoms with Gasteiger partial charge in [-0.2, -0.15) is 8.42 Å².